The van der Waals surface area contributed by atoms with Crippen molar-refractivity contribution in [3.63, 3.8) is 0 Å². The Bertz CT molecular complexity index is 881. The second kappa shape index (κ2) is 5.96. The lowest BCUT2D eigenvalue weighted by atomic mass is 9.97. The molecule has 1 aromatic heterocycles. The maximum atomic E-state index is 12.1. The zero-order valence-corrected chi connectivity index (χ0v) is 12.8. The molecule has 0 radical (unpaired) electrons. The molecule has 5 heteroatoms. The molecule has 5 nitrogen and oxygen atoms in total. The second-order valence-corrected chi connectivity index (χ2v) is 4.99. The van der Waals surface area contributed by atoms with Crippen LogP contribution in [0.2, 0.25) is 0 Å². The highest BCUT2D eigenvalue weighted by atomic mass is 16.5. The van der Waals surface area contributed by atoms with Gasteiger partial charge in [-0.1, -0.05) is 30.3 Å². The fourth-order valence-corrected chi connectivity index (χ4v) is 2.58. The van der Waals surface area contributed by atoms with Crippen LogP contribution in [-0.2, 0) is 9.47 Å². The quantitative estimate of drug-likeness (QED) is 0.753. The molecule has 0 atom stereocenters. The molecule has 0 aliphatic rings. The summed E-state index contributed by atoms with van der Waals surface area (Å²) < 4.78 is 9.67. The van der Waals surface area contributed by atoms with Crippen molar-refractivity contribution in [3.05, 3.63) is 59.8 Å². The van der Waals surface area contributed by atoms with E-state index in [1.807, 2.05) is 30.3 Å². The molecular weight excluding hydrogens is 294 g/mol. The van der Waals surface area contributed by atoms with Crippen LogP contribution >= 0.6 is 0 Å². The van der Waals surface area contributed by atoms with Gasteiger partial charge in [0, 0.05) is 17.1 Å². The molecule has 3 rings (SSSR count). The van der Waals surface area contributed by atoms with E-state index < -0.39 is 11.9 Å². The number of aromatic amines is 1. The largest absolute Gasteiger partial charge is 0.465 e. The molecule has 0 fully saturated rings. The Morgan fingerprint density at radius 3 is 2.22 bits per heavy atom. The molecule has 0 saturated heterocycles. The van der Waals surface area contributed by atoms with Crippen LogP contribution in [0.1, 0.15) is 20.7 Å². The maximum absolute atomic E-state index is 12.1. The van der Waals surface area contributed by atoms with E-state index in [-0.39, 0.29) is 0 Å². The van der Waals surface area contributed by atoms with Gasteiger partial charge in [-0.05, 0) is 23.3 Å². The lowest BCUT2D eigenvalue weighted by molar-refractivity contribution is 0.0594. The average molecular weight is 309 g/mol. The summed E-state index contributed by atoms with van der Waals surface area (Å²) in [5, 5.41) is 0.698. The van der Waals surface area contributed by atoms with E-state index in [0.717, 1.165) is 5.56 Å². The molecule has 116 valence electrons. The first-order valence-electron chi connectivity index (χ1n) is 7.03. The van der Waals surface area contributed by atoms with Gasteiger partial charge in [-0.15, -0.1) is 0 Å². The summed E-state index contributed by atoms with van der Waals surface area (Å²) in [5.74, 6) is -0.860. The number of ether oxygens (including phenoxy) is 2. The number of carbonyl (C=O) groups is 2. The van der Waals surface area contributed by atoms with Gasteiger partial charge in [0.15, 0.2) is 0 Å². The van der Waals surface area contributed by atoms with E-state index in [1.165, 1.54) is 14.2 Å². The minimum absolute atomic E-state index is 0.427. The number of fused-ring (bicyclic) bond motifs is 1. The average Bonchev–Trinajstić information content (AvgIpc) is 3.03. The Morgan fingerprint density at radius 1 is 0.913 bits per heavy atom. The summed E-state index contributed by atoms with van der Waals surface area (Å²) in [4.78, 5) is 27.0. The van der Waals surface area contributed by atoms with Crippen LogP contribution < -0.4 is 0 Å². The van der Waals surface area contributed by atoms with Crippen LogP contribution in [0.4, 0.5) is 0 Å². The van der Waals surface area contributed by atoms with Crippen molar-refractivity contribution < 1.29 is 19.1 Å². The van der Waals surface area contributed by atoms with Crippen LogP contribution in [0, 0.1) is 0 Å². The highest BCUT2D eigenvalue weighted by molar-refractivity contribution is 6.09. The fraction of sp³-hybridized carbons (Fsp3) is 0.111. The van der Waals surface area contributed by atoms with Crippen LogP contribution in [0.15, 0.2) is 48.7 Å². The molecule has 0 unspecified atom stereocenters. The number of hydrogen-bond donors (Lipinski definition) is 1. The van der Waals surface area contributed by atoms with E-state index >= 15 is 0 Å². The zero-order valence-electron chi connectivity index (χ0n) is 12.8. The molecule has 3 aromatic rings. The van der Waals surface area contributed by atoms with E-state index in [4.69, 9.17) is 9.47 Å². The van der Waals surface area contributed by atoms with E-state index in [0.29, 0.717) is 27.6 Å². The van der Waals surface area contributed by atoms with Crippen molar-refractivity contribution in [2.75, 3.05) is 14.2 Å². The van der Waals surface area contributed by atoms with Crippen LogP contribution in [0.3, 0.4) is 0 Å². The highest BCUT2D eigenvalue weighted by Crippen LogP contribution is 2.31. The topological polar surface area (TPSA) is 68.4 Å². The Labute approximate surface area is 132 Å². The Balaban J connectivity index is 2.29. The van der Waals surface area contributed by atoms with Gasteiger partial charge >= 0.3 is 11.9 Å². The third-order valence-corrected chi connectivity index (χ3v) is 3.72. The molecule has 0 bridgehead atoms. The Morgan fingerprint density at radius 2 is 1.57 bits per heavy atom. The zero-order chi connectivity index (χ0) is 16.4. The lowest BCUT2D eigenvalue weighted by Gasteiger charge is -2.09. The standard InChI is InChI=1S/C18H15NO4/c1-22-17(20)14-9-16-13(15(10-19-16)18(21)23-2)8-12(14)11-6-4-3-5-7-11/h3-10,19H,1-2H3. The minimum atomic E-state index is -0.431. The molecular formula is C18H15NO4. The Hall–Kier alpha value is -3.08. The number of benzene rings is 2. The highest BCUT2D eigenvalue weighted by Gasteiger charge is 2.19. The van der Waals surface area contributed by atoms with Gasteiger partial charge in [0.05, 0.1) is 25.3 Å². The van der Waals surface area contributed by atoms with E-state index in [9.17, 15) is 9.59 Å². The summed E-state index contributed by atoms with van der Waals surface area (Å²) in [6.45, 7) is 0. The molecule has 0 spiro atoms. The van der Waals surface area contributed by atoms with Crippen LogP contribution in [-0.4, -0.2) is 31.1 Å². The summed E-state index contributed by atoms with van der Waals surface area (Å²) in [6, 6.07) is 13.0. The summed E-state index contributed by atoms with van der Waals surface area (Å²) >= 11 is 0. The van der Waals surface area contributed by atoms with Crippen molar-refractivity contribution in [3.8, 4) is 11.1 Å². The molecule has 1 N–H and O–H groups in total. The van der Waals surface area contributed by atoms with Gasteiger partial charge in [0.1, 0.15) is 0 Å². The third kappa shape index (κ3) is 2.57. The first kappa shape index (κ1) is 14.8. The predicted molar refractivity (Wildman–Crippen MR) is 86.4 cm³/mol. The van der Waals surface area contributed by atoms with E-state index in [1.54, 1.807) is 18.3 Å². The Kier molecular flexibility index (Phi) is 3.85. The predicted octanol–water partition coefficient (Wildman–Crippen LogP) is 3.41. The van der Waals surface area contributed by atoms with Crippen molar-refractivity contribution in [1.29, 1.82) is 0 Å². The van der Waals surface area contributed by atoms with Gasteiger partial charge in [-0.3, -0.25) is 0 Å². The summed E-state index contributed by atoms with van der Waals surface area (Å²) in [5.41, 5.74) is 3.10. The van der Waals surface area contributed by atoms with Crippen LogP contribution in [0.25, 0.3) is 22.0 Å². The number of aromatic nitrogens is 1. The molecule has 1 heterocycles. The van der Waals surface area contributed by atoms with Gasteiger partial charge in [0.25, 0.3) is 0 Å². The number of esters is 2. The normalized spacial score (nSPS) is 10.5. The first-order chi connectivity index (χ1) is 11.2. The third-order valence-electron chi connectivity index (χ3n) is 3.72. The molecule has 0 aliphatic heterocycles. The van der Waals surface area contributed by atoms with Crippen molar-refractivity contribution in [2.24, 2.45) is 0 Å². The SMILES string of the molecule is COC(=O)c1cc2[nH]cc(C(=O)OC)c2cc1-c1ccccc1. The number of hydrogen-bond acceptors (Lipinski definition) is 4. The minimum Gasteiger partial charge on any atom is -0.465 e. The number of nitrogens with one attached hydrogen (secondary N) is 1. The molecule has 2 aromatic carbocycles. The van der Waals surface area contributed by atoms with Gasteiger partial charge in [0.2, 0.25) is 0 Å². The number of rotatable bonds is 3. The number of carbonyl (C=O) groups excluding carboxylic acids is 2. The van der Waals surface area contributed by atoms with Crippen LogP contribution in [0.5, 0.6) is 0 Å². The summed E-state index contributed by atoms with van der Waals surface area (Å²) in [7, 11) is 2.68. The van der Waals surface area contributed by atoms with Gasteiger partial charge < -0.3 is 14.5 Å². The smallest absolute Gasteiger partial charge is 0.340 e. The fourth-order valence-electron chi connectivity index (χ4n) is 2.58. The summed E-state index contributed by atoms with van der Waals surface area (Å²) in [6.07, 6.45) is 1.58. The monoisotopic (exact) mass is 309 g/mol. The van der Waals surface area contributed by atoms with Gasteiger partial charge in [-0.25, -0.2) is 9.59 Å². The first-order valence-corrected chi connectivity index (χ1v) is 7.03. The molecule has 0 saturated carbocycles. The second-order valence-electron chi connectivity index (χ2n) is 4.99. The number of H-pyrrole nitrogens is 1. The van der Waals surface area contributed by atoms with E-state index in [2.05, 4.69) is 4.98 Å². The molecule has 23 heavy (non-hydrogen) atoms. The molecule has 0 aliphatic carbocycles. The maximum Gasteiger partial charge on any atom is 0.340 e. The van der Waals surface area contributed by atoms with Crippen molar-refractivity contribution in [2.45, 2.75) is 0 Å². The van der Waals surface area contributed by atoms with Crippen molar-refractivity contribution in [1.82, 2.24) is 4.98 Å². The number of methoxy groups -OCH3 is 2. The van der Waals surface area contributed by atoms with Gasteiger partial charge in [-0.2, -0.15) is 0 Å². The molecule has 0 amide bonds. The lowest BCUT2D eigenvalue weighted by Crippen LogP contribution is -2.04. The van der Waals surface area contributed by atoms with Crippen molar-refractivity contribution >= 4 is 22.8 Å².